The molecule has 0 saturated heterocycles. The number of phenolic OH excluding ortho intramolecular Hbond substituents is 1. The van der Waals surface area contributed by atoms with Crippen molar-refractivity contribution in [2.45, 2.75) is 13.5 Å². The monoisotopic (exact) mass is 247 g/mol. The molecule has 1 aromatic heterocycles. The number of ether oxygens (including phenoxy) is 1. The van der Waals surface area contributed by atoms with E-state index in [1.165, 1.54) is 35.0 Å². The minimum atomic E-state index is -0.584. The number of nitrogens with two attached hydrogens (primary N) is 1. The van der Waals surface area contributed by atoms with Crippen molar-refractivity contribution in [3.8, 4) is 11.5 Å². The van der Waals surface area contributed by atoms with Crippen LogP contribution < -0.4 is 10.5 Å². The van der Waals surface area contributed by atoms with Crippen molar-refractivity contribution in [2.75, 3.05) is 5.73 Å². The Bertz CT molecular complexity index is 560. The van der Waals surface area contributed by atoms with Crippen LogP contribution in [0.25, 0.3) is 0 Å². The average Bonchev–Trinajstić information content (AvgIpc) is 2.73. The van der Waals surface area contributed by atoms with Gasteiger partial charge in [0.05, 0.1) is 0 Å². The van der Waals surface area contributed by atoms with Gasteiger partial charge in [0.1, 0.15) is 17.3 Å². The van der Waals surface area contributed by atoms with Crippen LogP contribution in [0, 0.1) is 0 Å². The Labute approximate surface area is 104 Å². The highest BCUT2D eigenvalue weighted by Gasteiger charge is 2.14. The molecule has 0 aliphatic carbocycles. The number of benzene rings is 1. The van der Waals surface area contributed by atoms with Gasteiger partial charge in [0, 0.05) is 12.6 Å². The summed E-state index contributed by atoms with van der Waals surface area (Å²) in [7, 11) is 0. The first-order chi connectivity index (χ1) is 8.60. The Morgan fingerprint density at radius 2 is 2.11 bits per heavy atom. The zero-order valence-electron chi connectivity index (χ0n) is 9.83. The summed E-state index contributed by atoms with van der Waals surface area (Å²) in [4.78, 5) is 11.8. The van der Waals surface area contributed by atoms with Crippen molar-refractivity contribution in [2.24, 2.45) is 0 Å². The Hall–Kier alpha value is -2.50. The molecule has 0 bridgehead atoms. The smallest absolute Gasteiger partial charge is 0.364 e. The summed E-state index contributed by atoms with van der Waals surface area (Å²) in [5.74, 6) is 0.270. The van der Waals surface area contributed by atoms with Gasteiger partial charge < -0.3 is 15.6 Å². The molecule has 0 saturated carbocycles. The van der Waals surface area contributed by atoms with Crippen LogP contribution in [0.4, 0.5) is 5.82 Å². The highest BCUT2D eigenvalue weighted by atomic mass is 16.5. The van der Waals surface area contributed by atoms with E-state index in [0.717, 1.165) is 0 Å². The molecule has 18 heavy (non-hydrogen) atoms. The van der Waals surface area contributed by atoms with Gasteiger partial charge in [-0.2, -0.15) is 5.10 Å². The fraction of sp³-hybridized carbons (Fsp3) is 0.167. The molecule has 0 unspecified atom stereocenters. The predicted octanol–water partition coefficient (Wildman–Crippen LogP) is 1.41. The lowest BCUT2D eigenvalue weighted by atomic mass is 10.3. The Morgan fingerprint density at radius 1 is 1.44 bits per heavy atom. The molecule has 6 nitrogen and oxygen atoms in total. The summed E-state index contributed by atoms with van der Waals surface area (Å²) in [5, 5.41) is 13.1. The average molecular weight is 247 g/mol. The molecule has 0 atom stereocenters. The summed E-state index contributed by atoms with van der Waals surface area (Å²) in [6, 6.07) is 7.32. The van der Waals surface area contributed by atoms with Gasteiger partial charge in [0.15, 0.2) is 5.69 Å². The van der Waals surface area contributed by atoms with Gasteiger partial charge in [0.2, 0.25) is 0 Å². The van der Waals surface area contributed by atoms with E-state index in [2.05, 4.69) is 5.10 Å². The third kappa shape index (κ3) is 2.42. The van der Waals surface area contributed by atoms with E-state index in [0.29, 0.717) is 18.1 Å². The summed E-state index contributed by atoms with van der Waals surface area (Å²) in [6.45, 7) is 2.46. The number of anilines is 1. The maximum atomic E-state index is 11.8. The van der Waals surface area contributed by atoms with E-state index in [1.54, 1.807) is 0 Å². The Balaban J connectivity index is 2.14. The van der Waals surface area contributed by atoms with Gasteiger partial charge in [-0.15, -0.1) is 0 Å². The minimum Gasteiger partial charge on any atom is -0.508 e. The number of rotatable bonds is 3. The van der Waals surface area contributed by atoms with Crippen LogP contribution in [-0.2, 0) is 6.54 Å². The number of carbonyl (C=O) groups is 1. The number of nitrogen functional groups attached to an aromatic ring is 1. The zero-order chi connectivity index (χ0) is 13.1. The zero-order valence-corrected chi connectivity index (χ0v) is 9.83. The van der Waals surface area contributed by atoms with Gasteiger partial charge >= 0.3 is 5.97 Å². The van der Waals surface area contributed by atoms with Crippen molar-refractivity contribution in [1.29, 1.82) is 0 Å². The van der Waals surface area contributed by atoms with E-state index in [1.807, 2.05) is 6.92 Å². The molecular weight excluding hydrogens is 234 g/mol. The molecule has 1 heterocycles. The molecule has 94 valence electrons. The van der Waals surface area contributed by atoms with Crippen LogP contribution in [0.5, 0.6) is 11.5 Å². The van der Waals surface area contributed by atoms with Gasteiger partial charge in [0.25, 0.3) is 0 Å². The number of aryl methyl sites for hydroxylation is 1. The van der Waals surface area contributed by atoms with Crippen LogP contribution in [0.1, 0.15) is 17.4 Å². The predicted molar refractivity (Wildman–Crippen MR) is 65.4 cm³/mol. The molecule has 2 aromatic rings. The van der Waals surface area contributed by atoms with Gasteiger partial charge in [-0.05, 0) is 31.2 Å². The van der Waals surface area contributed by atoms with Crippen LogP contribution in [0.3, 0.4) is 0 Å². The third-order valence-electron chi connectivity index (χ3n) is 2.37. The number of nitrogens with zero attached hydrogens (tertiary/aromatic N) is 2. The molecule has 0 radical (unpaired) electrons. The van der Waals surface area contributed by atoms with Gasteiger partial charge in [-0.1, -0.05) is 0 Å². The SMILES string of the molecule is CCn1nc(C(=O)Oc2ccc(O)cc2)cc1N. The van der Waals surface area contributed by atoms with Crippen molar-refractivity contribution >= 4 is 11.8 Å². The van der Waals surface area contributed by atoms with Crippen molar-refractivity contribution in [1.82, 2.24) is 9.78 Å². The molecular formula is C12H13N3O3. The molecule has 2 rings (SSSR count). The highest BCUT2D eigenvalue weighted by molar-refractivity contribution is 5.89. The molecule has 6 heteroatoms. The van der Waals surface area contributed by atoms with Crippen molar-refractivity contribution in [3.05, 3.63) is 36.0 Å². The van der Waals surface area contributed by atoms with E-state index in [9.17, 15) is 4.79 Å². The second-order valence-corrected chi connectivity index (χ2v) is 3.65. The number of aromatic nitrogens is 2. The summed E-state index contributed by atoms with van der Waals surface area (Å²) in [5.41, 5.74) is 5.82. The van der Waals surface area contributed by atoms with Crippen molar-refractivity contribution in [3.63, 3.8) is 0 Å². The largest absolute Gasteiger partial charge is 0.508 e. The molecule has 0 aliphatic heterocycles. The highest BCUT2D eigenvalue weighted by Crippen LogP contribution is 2.17. The number of hydrogen-bond donors (Lipinski definition) is 2. The Morgan fingerprint density at radius 3 is 2.67 bits per heavy atom. The third-order valence-corrected chi connectivity index (χ3v) is 2.37. The topological polar surface area (TPSA) is 90.4 Å². The van der Waals surface area contributed by atoms with Crippen molar-refractivity contribution < 1.29 is 14.6 Å². The lowest BCUT2D eigenvalue weighted by molar-refractivity contribution is 0.0727. The van der Waals surface area contributed by atoms with Gasteiger partial charge in [-0.3, -0.25) is 0 Å². The normalized spacial score (nSPS) is 10.3. The molecule has 1 aromatic carbocycles. The lowest BCUT2D eigenvalue weighted by Crippen LogP contribution is -2.10. The van der Waals surface area contributed by atoms with Gasteiger partial charge in [-0.25, -0.2) is 9.48 Å². The van der Waals surface area contributed by atoms with E-state index < -0.39 is 5.97 Å². The van der Waals surface area contributed by atoms with Crippen LogP contribution in [0.2, 0.25) is 0 Å². The van der Waals surface area contributed by atoms with E-state index in [4.69, 9.17) is 15.6 Å². The van der Waals surface area contributed by atoms with E-state index in [-0.39, 0.29) is 11.4 Å². The number of phenols is 1. The molecule has 0 aliphatic rings. The number of aromatic hydroxyl groups is 1. The van der Waals surface area contributed by atoms with E-state index >= 15 is 0 Å². The minimum absolute atomic E-state index is 0.106. The summed E-state index contributed by atoms with van der Waals surface area (Å²) in [6.07, 6.45) is 0. The fourth-order valence-electron chi connectivity index (χ4n) is 1.46. The number of esters is 1. The quantitative estimate of drug-likeness (QED) is 0.632. The van der Waals surface area contributed by atoms with Crippen LogP contribution >= 0.6 is 0 Å². The maximum Gasteiger partial charge on any atom is 0.364 e. The standard InChI is InChI=1S/C12H13N3O3/c1-2-15-11(13)7-10(14-15)12(17)18-9-5-3-8(16)4-6-9/h3-7,16H,2,13H2,1H3. The first kappa shape index (κ1) is 12.0. The molecule has 0 spiro atoms. The Kier molecular flexibility index (Phi) is 3.18. The fourth-order valence-corrected chi connectivity index (χ4v) is 1.46. The summed E-state index contributed by atoms with van der Waals surface area (Å²) >= 11 is 0. The number of hydrogen-bond acceptors (Lipinski definition) is 5. The second kappa shape index (κ2) is 4.79. The lowest BCUT2D eigenvalue weighted by Gasteiger charge is -2.01. The first-order valence-electron chi connectivity index (χ1n) is 5.44. The summed E-state index contributed by atoms with van der Waals surface area (Å²) < 4.78 is 6.59. The molecule has 0 fully saturated rings. The maximum absolute atomic E-state index is 11.8. The molecule has 0 amide bonds. The number of carbonyl (C=O) groups excluding carboxylic acids is 1. The molecule has 3 N–H and O–H groups in total. The van der Waals surface area contributed by atoms with Crippen LogP contribution in [0.15, 0.2) is 30.3 Å². The van der Waals surface area contributed by atoms with Crippen LogP contribution in [-0.4, -0.2) is 20.9 Å². The second-order valence-electron chi connectivity index (χ2n) is 3.65. The first-order valence-corrected chi connectivity index (χ1v) is 5.44.